The molecule has 9 heteroatoms. The molecule has 4 rings (SSSR count). The van der Waals surface area contributed by atoms with Gasteiger partial charge in [0, 0.05) is 51.2 Å². The average Bonchev–Trinajstić information content (AvgIpc) is 3.35. The van der Waals surface area contributed by atoms with Gasteiger partial charge in [-0.05, 0) is 24.6 Å². The maximum Gasteiger partial charge on any atom is 0.205 e. The minimum absolute atomic E-state index is 0.622. The molecular formula is C19H26N8S. The summed E-state index contributed by atoms with van der Waals surface area (Å²) in [6.07, 6.45) is 0.883. The van der Waals surface area contributed by atoms with E-state index in [0.29, 0.717) is 6.54 Å². The first kappa shape index (κ1) is 18.7. The number of aliphatic imine (C=N–C) groups is 1. The summed E-state index contributed by atoms with van der Waals surface area (Å²) in [6.45, 7) is 8.44. The Morgan fingerprint density at radius 3 is 2.79 bits per heavy atom. The number of nitrogens with one attached hydrogen (secondary N) is 2. The van der Waals surface area contributed by atoms with Gasteiger partial charge in [-0.3, -0.25) is 4.99 Å². The van der Waals surface area contributed by atoms with E-state index in [1.807, 2.05) is 7.05 Å². The van der Waals surface area contributed by atoms with Gasteiger partial charge in [-0.25, -0.2) is 9.97 Å². The van der Waals surface area contributed by atoms with Crippen molar-refractivity contribution in [1.29, 1.82) is 0 Å². The van der Waals surface area contributed by atoms with E-state index in [-0.39, 0.29) is 0 Å². The number of aryl methyl sites for hydroxylation is 2. The zero-order valence-electron chi connectivity index (χ0n) is 16.6. The van der Waals surface area contributed by atoms with Gasteiger partial charge in [0.15, 0.2) is 5.96 Å². The van der Waals surface area contributed by atoms with Gasteiger partial charge in [0.25, 0.3) is 0 Å². The van der Waals surface area contributed by atoms with E-state index in [2.05, 4.69) is 71.5 Å². The molecule has 2 N–H and O–H groups in total. The molecule has 0 amide bonds. The van der Waals surface area contributed by atoms with Crippen LogP contribution < -0.4 is 10.2 Å². The molecule has 3 heterocycles. The van der Waals surface area contributed by atoms with E-state index >= 15 is 0 Å². The van der Waals surface area contributed by atoms with Crippen molar-refractivity contribution >= 4 is 33.7 Å². The Balaban J connectivity index is 1.34. The Labute approximate surface area is 168 Å². The number of hydrogen-bond donors (Lipinski definition) is 2. The molecule has 28 heavy (non-hydrogen) atoms. The highest BCUT2D eigenvalue weighted by molar-refractivity contribution is 7.09. The summed E-state index contributed by atoms with van der Waals surface area (Å²) in [4.78, 5) is 21.7. The number of piperazine rings is 1. The van der Waals surface area contributed by atoms with Gasteiger partial charge in [0.1, 0.15) is 11.6 Å². The molecule has 1 aliphatic rings. The molecule has 0 aliphatic carbocycles. The van der Waals surface area contributed by atoms with Crippen LogP contribution in [-0.4, -0.2) is 63.4 Å². The van der Waals surface area contributed by atoms with Crippen LogP contribution >= 0.6 is 11.5 Å². The summed E-state index contributed by atoms with van der Waals surface area (Å²) in [6, 6.07) is 6.26. The maximum absolute atomic E-state index is 4.65. The van der Waals surface area contributed by atoms with Crippen LogP contribution in [0.2, 0.25) is 0 Å². The van der Waals surface area contributed by atoms with Gasteiger partial charge >= 0.3 is 0 Å². The Bertz CT molecular complexity index is 967. The van der Waals surface area contributed by atoms with Crippen LogP contribution in [-0.2, 0) is 13.0 Å². The SMILES string of the molecule is CCc1nsc(N2CCN(C(=NC)NCc3nc4ccc(C)cc4[nH]3)CC2)n1. The van der Waals surface area contributed by atoms with Crippen LogP contribution in [0.3, 0.4) is 0 Å². The van der Waals surface area contributed by atoms with Gasteiger partial charge in [-0.15, -0.1) is 0 Å². The minimum atomic E-state index is 0.622. The van der Waals surface area contributed by atoms with E-state index in [1.165, 1.54) is 17.1 Å². The zero-order valence-corrected chi connectivity index (χ0v) is 17.4. The lowest BCUT2D eigenvalue weighted by atomic mass is 10.2. The van der Waals surface area contributed by atoms with Crippen LogP contribution in [0.25, 0.3) is 11.0 Å². The van der Waals surface area contributed by atoms with Crippen molar-refractivity contribution < 1.29 is 0 Å². The van der Waals surface area contributed by atoms with Crippen LogP contribution in [0.15, 0.2) is 23.2 Å². The smallest absolute Gasteiger partial charge is 0.205 e. The fraction of sp³-hybridized carbons (Fsp3) is 0.474. The summed E-state index contributed by atoms with van der Waals surface area (Å²) < 4.78 is 4.40. The van der Waals surface area contributed by atoms with Crippen molar-refractivity contribution in [3.8, 4) is 0 Å². The molecule has 2 aromatic heterocycles. The molecule has 8 nitrogen and oxygen atoms in total. The maximum atomic E-state index is 4.65. The fourth-order valence-corrected chi connectivity index (χ4v) is 4.18. The fourth-order valence-electron chi connectivity index (χ4n) is 3.38. The van der Waals surface area contributed by atoms with Crippen molar-refractivity contribution in [2.45, 2.75) is 26.8 Å². The van der Waals surface area contributed by atoms with Crippen LogP contribution in [0.4, 0.5) is 5.13 Å². The standard InChI is InChI=1S/C19H26N8S/c1-4-16-24-19(28-25-16)27-9-7-26(8-10-27)18(20-3)21-12-17-22-14-6-5-13(2)11-15(14)23-17/h5-6,11H,4,7-10,12H2,1-3H3,(H,20,21)(H,22,23). The third-order valence-electron chi connectivity index (χ3n) is 4.94. The molecule has 1 fully saturated rings. The van der Waals surface area contributed by atoms with E-state index in [4.69, 9.17) is 0 Å². The molecule has 0 radical (unpaired) electrons. The summed E-state index contributed by atoms with van der Waals surface area (Å²) in [5, 5.41) is 4.46. The quantitative estimate of drug-likeness (QED) is 0.518. The lowest BCUT2D eigenvalue weighted by Gasteiger charge is -2.36. The molecule has 0 atom stereocenters. The Morgan fingerprint density at radius 1 is 1.25 bits per heavy atom. The second-order valence-corrected chi connectivity index (χ2v) is 7.66. The number of aromatic nitrogens is 4. The predicted molar refractivity (Wildman–Crippen MR) is 114 cm³/mol. The number of guanidine groups is 1. The van der Waals surface area contributed by atoms with Gasteiger partial charge < -0.3 is 20.1 Å². The number of aromatic amines is 1. The molecule has 1 saturated heterocycles. The number of benzene rings is 1. The third-order valence-corrected chi connectivity index (χ3v) is 5.75. The van der Waals surface area contributed by atoms with Crippen LogP contribution in [0.1, 0.15) is 24.1 Å². The van der Waals surface area contributed by atoms with Gasteiger partial charge in [-0.1, -0.05) is 13.0 Å². The van der Waals surface area contributed by atoms with Crippen molar-refractivity contribution in [1.82, 2.24) is 29.5 Å². The molecule has 1 aromatic carbocycles. The predicted octanol–water partition coefficient (Wildman–Crippen LogP) is 2.18. The van der Waals surface area contributed by atoms with Crippen molar-refractivity contribution in [2.75, 3.05) is 38.1 Å². The number of nitrogens with zero attached hydrogens (tertiary/aromatic N) is 6. The average molecular weight is 399 g/mol. The Morgan fingerprint density at radius 2 is 2.07 bits per heavy atom. The first-order valence-corrected chi connectivity index (χ1v) is 10.4. The monoisotopic (exact) mass is 398 g/mol. The van der Waals surface area contributed by atoms with E-state index in [0.717, 1.165) is 66.4 Å². The summed E-state index contributed by atoms with van der Waals surface area (Å²) >= 11 is 1.49. The van der Waals surface area contributed by atoms with Crippen LogP contribution in [0, 0.1) is 6.92 Å². The van der Waals surface area contributed by atoms with Gasteiger partial charge in [-0.2, -0.15) is 4.37 Å². The molecule has 3 aromatic rings. The molecule has 0 spiro atoms. The van der Waals surface area contributed by atoms with E-state index < -0.39 is 0 Å². The lowest BCUT2D eigenvalue weighted by Crippen LogP contribution is -2.52. The number of hydrogen-bond acceptors (Lipinski definition) is 6. The normalized spacial score (nSPS) is 15.5. The van der Waals surface area contributed by atoms with Gasteiger partial charge in [0.05, 0.1) is 17.6 Å². The number of H-pyrrole nitrogens is 1. The molecule has 148 valence electrons. The summed E-state index contributed by atoms with van der Waals surface area (Å²) in [5.74, 6) is 2.75. The lowest BCUT2D eigenvalue weighted by molar-refractivity contribution is 0.372. The number of fused-ring (bicyclic) bond motifs is 1. The van der Waals surface area contributed by atoms with Crippen molar-refractivity contribution in [3.63, 3.8) is 0 Å². The largest absolute Gasteiger partial charge is 0.349 e. The molecule has 0 saturated carbocycles. The summed E-state index contributed by atoms with van der Waals surface area (Å²) in [5.41, 5.74) is 3.30. The highest BCUT2D eigenvalue weighted by atomic mass is 32.1. The second kappa shape index (κ2) is 8.14. The summed E-state index contributed by atoms with van der Waals surface area (Å²) in [7, 11) is 1.83. The second-order valence-electron chi connectivity index (χ2n) is 6.93. The molecule has 0 unspecified atom stereocenters. The molecule has 1 aliphatic heterocycles. The Kier molecular flexibility index (Phi) is 5.43. The van der Waals surface area contributed by atoms with Crippen molar-refractivity contribution in [2.24, 2.45) is 4.99 Å². The molecular weight excluding hydrogens is 372 g/mol. The molecule has 0 bridgehead atoms. The van der Waals surface area contributed by atoms with Gasteiger partial charge in [0.2, 0.25) is 5.13 Å². The third kappa shape index (κ3) is 3.94. The Hall–Kier alpha value is -2.68. The van der Waals surface area contributed by atoms with Crippen LogP contribution in [0.5, 0.6) is 0 Å². The topological polar surface area (TPSA) is 85.3 Å². The first-order valence-electron chi connectivity index (χ1n) is 9.64. The first-order chi connectivity index (χ1) is 13.7. The van der Waals surface area contributed by atoms with Crippen molar-refractivity contribution in [3.05, 3.63) is 35.4 Å². The number of imidazole rings is 1. The van der Waals surface area contributed by atoms with E-state index in [9.17, 15) is 0 Å². The number of anilines is 1. The highest BCUT2D eigenvalue weighted by Crippen LogP contribution is 2.19. The highest BCUT2D eigenvalue weighted by Gasteiger charge is 2.22. The zero-order chi connectivity index (χ0) is 19.5. The minimum Gasteiger partial charge on any atom is -0.349 e. The van der Waals surface area contributed by atoms with E-state index in [1.54, 1.807) is 0 Å². The number of rotatable bonds is 4.